The Balaban J connectivity index is 2.54. The maximum atomic E-state index is 11.0. The zero-order valence-corrected chi connectivity index (χ0v) is 8.75. The van der Waals surface area contributed by atoms with Crippen molar-refractivity contribution in [2.75, 3.05) is 6.61 Å². The van der Waals surface area contributed by atoms with Crippen molar-refractivity contribution < 1.29 is 9.53 Å². The second-order valence-electron chi connectivity index (χ2n) is 3.18. The molecule has 1 aromatic rings. The van der Waals surface area contributed by atoms with Crippen LogP contribution in [0, 0.1) is 0 Å². The standard InChI is InChI=1S/C12H16O2/c1-3-10-6-5-7-12(8-10)14-9-11(13)4-2/h5-8H,3-4,9H2,1-2H3. The minimum absolute atomic E-state index is 0.131. The van der Waals surface area contributed by atoms with Crippen molar-refractivity contribution in [2.45, 2.75) is 26.7 Å². The maximum absolute atomic E-state index is 11.0. The lowest BCUT2D eigenvalue weighted by Crippen LogP contribution is -2.09. The van der Waals surface area contributed by atoms with Gasteiger partial charge in [-0.1, -0.05) is 26.0 Å². The first-order valence-electron chi connectivity index (χ1n) is 4.99. The van der Waals surface area contributed by atoms with Crippen LogP contribution >= 0.6 is 0 Å². The molecular formula is C12H16O2. The highest BCUT2D eigenvalue weighted by Crippen LogP contribution is 2.13. The van der Waals surface area contributed by atoms with Crippen LogP contribution in [0.5, 0.6) is 5.75 Å². The van der Waals surface area contributed by atoms with Crippen LogP contribution in [0.25, 0.3) is 0 Å². The van der Waals surface area contributed by atoms with Gasteiger partial charge in [-0.05, 0) is 24.1 Å². The quantitative estimate of drug-likeness (QED) is 0.716. The summed E-state index contributed by atoms with van der Waals surface area (Å²) in [5.41, 5.74) is 1.23. The lowest BCUT2D eigenvalue weighted by Gasteiger charge is -2.05. The van der Waals surface area contributed by atoms with Crippen LogP contribution in [-0.4, -0.2) is 12.4 Å². The number of aryl methyl sites for hydroxylation is 1. The molecule has 1 rings (SSSR count). The predicted octanol–water partition coefficient (Wildman–Crippen LogP) is 2.61. The third-order valence-corrected chi connectivity index (χ3v) is 2.10. The van der Waals surface area contributed by atoms with Crippen molar-refractivity contribution in [2.24, 2.45) is 0 Å². The summed E-state index contributed by atoms with van der Waals surface area (Å²) in [5.74, 6) is 0.915. The van der Waals surface area contributed by atoms with Gasteiger partial charge in [0, 0.05) is 6.42 Å². The van der Waals surface area contributed by atoms with Gasteiger partial charge in [0.1, 0.15) is 12.4 Å². The van der Waals surface area contributed by atoms with Gasteiger partial charge in [-0.2, -0.15) is 0 Å². The van der Waals surface area contributed by atoms with Gasteiger partial charge in [-0.3, -0.25) is 4.79 Å². The number of benzene rings is 1. The molecule has 14 heavy (non-hydrogen) atoms. The Morgan fingerprint density at radius 3 is 2.79 bits per heavy atom. The Hall–Kier alpha value is -1.31. The van der Waals surface area contributed by atoms with E-state index < -0.39 is 0 Å². The van der Waals surface area contributed by atoms with E-state index in [-0.39, 0.29) is 12.4 Å². The van der Waals surface area contributed by atoms with Crippen LogP contribution in [0.15, 0.2) is 24.3 Å². The maximum Gasteiger partial charge on any atom is 0.169 e. The van der Waals surface area contributed by atoms with Crippen molar-refractivity contribution >= 4 is 5.78 Å². The summed E-state index contributed by atoms with van der Waals surface area (Å²) >= 11 is 0. The minimum Gasteiger partial charge on any atom is -0.486 e. The van der Waals surface area contributed by atoms with Gasteiger partial charge in [-0.25, -0.2) is 0 Å². The average molecular weight is 192 g/mol. The van der Waals surface area contributed by atoms with E-state index in [1.807, 2.05) is 25.1 Å². The predicted molar refractivity (Wildman–Crippen MR) is 56.6 cm³/mol. The molecule has 0 spiro atoms. The normalized spacial score (nSPS) is 9.86. The van der Waals surface area contributed by atoms with Crippen LogP contribution in [0.2, 0.25) is 0 Å². The van der Waals surface area contributed by atoms with Crippen molar-refractivity contribution in [1.82, 2.24) is 0 Å². The number of rotatable bonds is 5. The van der Waals surface area contributed by atoms with E-state index >= 15 is 0 Å². The number of ether oxygens (including phenoxy) is 1. The van der Waals surface area contributed by atoms with Crippen LogP contribution in [0.4, 0.5) is 0 Å². The van der Waals surface area contributed by atoms with Crippen molar-refractivity contribution in [3.63, 3.8) is 0 Å². The monoisotopic (exact) mass is 192 g/mol. The topological polar surface area (TPSA) is 26.3 Å². The van der Waals surface area contributed by atoms with Gasteiger partial charge < -0.3 is 4.74 Å². The fourth-order valence-corrected chi connectivity index (χ4v) is 1.12. The van der Waals surface area contributed by atoms with Gasteiger partial charge >= 0.3 is 0 Å². The van der Waals surface area contributed by atoms with Gasteiger partial charge in [0.05, 0.1) is 0 Å². The SMILES string of the molecule is CCC(=O)COc1cccc(CC)c1. The number of carbonyl (C=O) groups excluding carboxylic acids is 1. The fraction of sp³-hybridized carbons (Fsp3) is 0.417. The Morgan fingerprint density at radius 2 is 2.14 bits per heavy atom. The molecule has 2 heteroatoms. The second-order valence-corrected chi connectivity index (χ2v) is 3.18. The van der Waals surface area contributed by atoms with E-state index in [2.05, 4.69) is 13.0 Å². The van der Waals surface area contributed by atoms with Crippen molar-refractivity contribution in [1.29, 1.82) is 0 Å². The first kappa shape index (κ1) is 10.8. The number of carbonyl (C=O) groups is 1. The lowest BCUT2D eigenvalue weighted by atomic mass is 10.2. The van der Waals surface area contributed by atoms with Gasteiger partial charge in [0.15, 0.2) is 5.78 Å². The van der Waals surface area contributed by atoms with Crippen LogP contribution in [0.3, 0.4) is 0 Å². The zero-order chi connectivity index (χ0) is 10.4. The Kier molecular flexibility index (Phi) is 4.17. The van der Waals surface area contributed by atoms with Crippen LogP contribution < -0.4 is 4.74 Å². The number of hydrogen-bond donors (Lipinski definition) is 0. The molecule has 76 valence electrons. The summed E-state index contributed by atoms with van der Waals surface area (Å²) in [6.45, 7) is 4.12. The van der Waals surface area contributed by atoms with Gasteiger partial charge in [0.25, 0.3) is 0 Å². The Labute approximate surface area is 84.9 Å². The lowest BCUT2D eigenvalue weighted by molar-refractivity contribution is -0.120. The molecule has 0 aliphatic heterocycles. The zero-order valence-electron chi connectivity index (χ0n) is 8.75. The third kappa shape index (κ3) is 3.21. The second kappa shape index (κ2) is 5.43. The molecular weight excluding hydrogens is 176 g/mol. The third-order valence-electron chi connectivity index (χ3n) is 2.10. The van der Waals surface area contributed by atoms with E-state index in [9.17, 15) is 4.79 Å². The highest BCUT2D eigenvalue weighted by Gasteiger charge is 2.00. The molecule has 0 atom stereocenters. The van der Waals surface area contributed by atoms with Crippen molar-refractivity contribution in [3.05, 3.63) is 29.8 Å². The van der Waals surface area contributed by atoms with E-state index in [1.54, 1.807) is 0 Å². The molecule has 0 aliphatic rings. The molecule has 0 unspecified atom stereocenters. The molecule has 0 heterocycles. The molecule has 0 aliphatic carbocycles. The molecule has 0 radical (unpaired) electrons. The largest absolute Gasteiger partial charge is 0.486 e. The number of hydrogen-bond acceptors (Lipinski definition) is 2. The molecule has 0 saturated carbocycles. The summed E-state index contributed by atoms with van der Waals surface area (Å²) in [6, 6.07) is 7.85. The molecule has 1 aromatic carbocycles. The van der Waals surface area contributed by atoms with E-state index in [4.69, 9.17) is 4.74 Å². The highest BCUT2D eigenvalue weighted by molar-refractivity contribution is 5.79. The summed E-state index contributed by atoms with van der Waals surface area (Å²) in [6.07, 6.45) is 1.52. The molecule has 0 N–H and O–H groups in total. The molecule has 2 nitrogen and oxygen atoms in total. The minimum atomic E-state index is 0.131. The number of ketones is 1. The van der Waals surface area contributed by atoms with E-state index in [0.717, 1.165) is 12.2 Å². The summed E-state index contributed by atoms with van der Waals surface area (Å²) in [4.78, 5) is 11.0. The van der Waals surface area contributed by atoms with E-state index in [1.165, 1.54) is 5.56 Å². The summed E-state index contributed by atoms with van der Waals surface area (Å²) < 4.78 is 5.35. The van der Waals surface area contributed by atoms with Crippen LogP contribution in [-0.2, 0) is 11.2 Å². The van der Waals surface area contributed by atoms with E-state index in [0.29, 0.717) is 6.42 Å². The summed E-state index contributed by atoms with van der Waals surface area (Å²) in [5, 5.41) is 0. The molecule has 0 bridgehead atoms. The Bertz CT molecular complexity index is 305. The average Bonchev–Trinajstić information content (AvgIpc) is 2.26. The van der Waals surface area contributed by atoms with Crippen LogP contribution in [0.1, 0.15) is 25.8 Å². The van der Waals surface area contributed by atoms with Gasteiger partial charge in [-0.15, -0.1) is 0 Å². The highest BCUT2D eigenvalue weighted by atomic mass is 16.5. The molecule has 0 amide bonds. The van der Waals surface area contributed by atoms with Crippen molar-refractivity contribution in [3.8, 4) is 5.75 Å². The van der Waals surface area contributed by atoms with Gasteiger partial charge in [0.2, 0.25) is 0 Å². The fourth-order valence-electron chi connectivity index (χ4n) is 1.12. The summed E-state index contributed by atoms with van der Waals surface area (Å²) in [7, 11) is 0. The molecule has 0 saturated heterocycles. The number of Topliss-reactive ketones (excluding diaryl/α,β-unsaturated/α-hetero) is 1. The molecule has 0 aromatic heterocycles. The Morgan fingerprint density at radius 1 is 1.36 bits per heavy atom. The first-order valence-corrected chi connectivity index (χ1v) is 4.99. The molecule has 0 fully saturated rings. The first-order chi connectivity index (χ1) is 6.76. The smallest absolute Gasteiger partial charge is 0.169 e.